The molecule has 0 fully saturated rings. The van der Waals surface area contributed by atoms with Gasteiger partial charge in [-0.3, -0.25) is 9.78 Å². The first-order valence-corrected chi connectivity index (χ1v) is 8.96. The Morgan fingerprint density at radius 2 is 1.89 bits per heavy atom. The maximum Gasteiger partial charge on any atom is 0.255 e. The van der Waals surface area contributed by atoms with Crippen LogP contribution in [0.5, 0.6) is 0 Å². The minimum Gasteiger partial charge on any atom is -0.321 e. The van der Waals surface area contributed by atoms with Crippen LogP contribution in [0, 0.1) is 0 Å². The Hall–Kier alpha value is -1.94. The van der Waals surface area contributed by atoms with E-state index in [1.807, 2.05) is 24.3 Å². The number of nitrogens with zero attached hydrogens (tertiary/aromatic N) is 1. The van der Waals surface area contributed by atoms with Crippen LogP contribution in [0.4, 0.5) is 5.69 Å². The van der Waals surface area contributed by atoms with Crippen molar-refractivity contribution in [2.24, 2.45) is 0 Å². The van der Waals surface area contributed by atoms with Crippen LogP contribution >= 0.6 is 0 Å². The van der Waals surface area contributed by atoms with Gasteiger partial charge in [-0.25, -0.2) is 0 Å². The first-order chi connectivity index (χ1) is 8.60. The maximum absolute atomic E-state index is 12.2. The highest BCUT2D eigenvalue weighted by Crippen LogP contribution is 2.18. The highest BCUT2D eigenvalue weighted by atomic mass is 28.3. The molecule has 1 aliphatic heterocycles. The van der Waals surface area contributed by atoms with Crippen LogP contribution in [0.15, 0.2) is 42.7 Å². The molecule has 90 valence electrons. The van der Waals surface area contributed by atoms with Crippen molar-refractivity contribution >= 4 is 30.0 Å². The Bertz CT molecular complexity index is 637. The molecule has 3 nitrogen and oxygen atoms in total. The Labute approximate surface area is 107 Å². The fourth-order valence-corrected chi connectivity index (χ4v) is 5.56. The molecule has 3 rings (SSSR count). The summed E-state index contributed by atoms with van der Waals surface area (Å²) in [7, 11) is -1.85. The van der Waals surface area contributed by atoms with Crippen molar-refractivity contribution in [2.75, 3.05) is 5.32 Å². The molecule has 0 unspecified atom stereocenters. The van der Waals surface area contributed by atoms with E-state index in [9.17, 15) is 4.79 Å². The lowest BCUT2D eigenvalue weighted by Crippen LogP contribution is -2.53. The number of fused-ring (bicyclic) bond motifs is 2. The summed E-state index contributed by atoms with van der Waals surface area (Å²) >= 11 is 0. The highest BCUT2D eigenvalue weighted by Gasteiger charge is 2.35. The number of nitrogens with one attached hydrogen (secondary N) is 1. The van der Waals surface area contributed by atoms with Crippen molar-refractivity contribution in [3.8, 4) is 0 Å². The lowest BCUT2D eigenvalue weighted by Gasteiger charge is -2.24. The fraction of sp³-hybridized carbons (Fsp3) is 0.143. The normalized spacial score (nSPS) is 16.2. The molecule has 2 heterocycles. The molecular weight excluding hydrogens is 240 g/mol. The number of hydrogen-bond acceptors (Lipinski definition) is 2. The molecular formula is C14H14N2OSi. The van der Waals surface area contributed by atoms with Gasteiger partial charge in [0, 0.05) is 11.8 Å². The van der Waals surface area contributed by atoms with Gasteiger partial charge in [0.2, 0.25) is 0 Å². The Morgan fingerprint density at radius 1 is 1.11 bits per heavy atom. The molecule has 1 aromatic carbocycles. The van der Waals surface area contributed by atoms with Gasteiger partial charge in [-0.2, -0.15) is 0 Å². The number of carbonyl (C=O) groups excluding carboxylic acids is 1. The predicted molar refractivity (Wildman–Crippen MR) is 75.4 cm³/mol. The zero-order chi connectivity index (χ0) is 12.8. The third-order valence-electron chi connectivity index (χ3n) is 3.59. The van der Waals surface area contributed by atoms with E-state index >= 15 is 0 Å². The van der Waals surface area contributed by atoms with Crippen molar-refractivity contribution in [1.82, 2.24) is 4.98 Å². The molecule has 0 spiro atoms. The van der Waals surface area contributed by atoms with Crippen LogP contribution in [-0.2, 0) is 0 Å². The van der Waals surface area contributed by atoms with Crippen molar-refractivity contribution < 1.29 is 4.79 Å². The summed E-state index contributed by atoms with van der Waals surface area (Å²) in [5.41, 5.74) is 1.65. The molecule has 18 heavy (non-hydrogen) atoms. The number of rotatable bonds is 0. The first kappa shape index (κ1) is 11.2. The number of anilines is 1. The van der Waals surface area contributed by atoms with Crippen LogP contribution in [0.3, 0.4) is 0 Å². The van der Waals surface area contributed by atoms with Crippen LogP contribution in [-0.4, -0.2) is 19.0 Å². The number of carbonyl (C=O) groups is 1. The lowest BCUT2D eigenvalue weighted by atomic mass is 10.2. The standard InChI is InChI=1S/C14H14N2OSi/c1-18(2)12-6-4-3-5-10(12)14(17)16-11-9-15-8-7-13(11)18/h3-9H,1-2H3,(H,16,17). The van der Waals surface area contributed by atoms with Crippen molar-refractivity contribution in [3.63, 3.8) is 0 Å². The van der Waals surface area contributed by atoms with Crippen LogP contribution in [0.25, 0.3) is 0 Å². The Kier molecular flexibility index (Phi) is 2.34. The number of hydrogen-bond donors (Lipinski definition) is 1. The molecule has 2 aromatic rings. The zero-order valence-corrected chi connectivity index (χ0v) is 11.4. The molecule has 1 N–H and O–H groups in total. The van der Waals surface area contributed by atoms with Gasteiger partial charge in [0.25, 0.3) is 5.91 Å². The van der Waals surface area contributed by atoms with Crippen LogP contribution < -0.4 is 15.7 Å². The average Bonchev–Trinajstić information content (AvgIpc) is 2.46. The first-order valence-electron chi connectivity index (χ1n) is 5.96. The third kappa shape index (κ3) is 1.49. The Morgan fingerprint density at radius 3 is 2.72 bits per heavy atom. The van der Waals surface area contributed by atoms with Gasteiger partial charge in [-0.05, 0) is 22.5 Å². The molecule has 0 aliphatic carbocycles. The van der Waals surface area contributed by atoms with Gasteiger partial charge in [0.05, 0.1) is 11.9 Å². The monoisotopic (exact) mass is 254 g/mol. The summed E-state index contributed by atoms with van der Waals surface area (Å²) in [6.45, 7) is 4.54. The van der Waals surface area contributed by atoms with Crippen molar-refractivity contribution in [1.29, 1.82) is 0 Å². The largest absolute Gasteiger partial charge is 0.321 e. The van der Waals surface area contributed by atoms with Crippen LogP contribution in [0.2, 0.25) is 13.1 Å². The van der Waals surface area contributed by atoms with Gasteiger partial charge in [-0.1, -0.05) is 31.3 Å². The number of amides is 1. The summed E-state index contributed by atoms with van der Waals surface area (Å²) in [5.74, 6) is -0.0297. The molecule has 0 radical (unpaired) electrons. The van der Waals surface area contributed by atoms with E-state index < -0.39 is 8.07 Å². The summed E-state index contributed by atoms with van der Waals surface area (Å²) in [6.07, 6.45) is 3.54. The Balaban J connectivity index is 2.34. The number of benzene rings is 1. The minimum atomic E-state index is -1.85. The lowest BCUT2D eigenvalue weighted by molar-refractivity contribution is 0.102. The van der Waals surface area contributed by atoms with E-state index in [1.54, 1.807) is 12.4 Å². The number of pyridine rings is 1. The molecule has 0 atom stereocenters. The minimum absolute atomic E-state index is 0.0297. The summed E-state index contributed by atoms with van der Waals surface area (Å²) < 4.78 is 0. The number of aromatic nitrogens is 1. The fourth-order valence-electron chi connectivity index (χ4n) is 2.60. The van der Waals surface area contributed by atoms with Crippen molar-refractivity contribution in [2.45, 2.75) is 13.1 Å². The summed E-state index contributed by atoms with van der Waals surface area (Å²) in [5, 5.41) is 5.39. The average molecular weight is 254 g/mol. The highest BCUT2D eigenvalue weighted by molar-refractivity contribution is 7.02. The molecule has 1 aliphatic rings. The zero-order valence-electron chi connectivity index (χ0n) is 10.4. The molecule has 0 saturated carbocycles. The molecule has 0 saturated heterocycles. The molecule has 0 bridgehead atoms. The van der Waals surface area contributed by atoms with Gasteiger partial charge in [0.15, 0.2) is 0 Å². The second-order valence-electron chi connectivity index (χ2n) is 5.05. The second kappa shape index (κ2) is 3.78. The molecule has 4 heteroatoms. The topological polar surface area (TPSA) is 42.0 Å². The van der Waals surface area contributed by atoms with E-state index in [1.165, 1.54) is 10.4 Å². The second-order valence-corrected chi connectivity index (χ2v) is 9.37. The van der Waals surface area contributed by atoms with E-state index in [0.29, 0.717) is 0 Å². The SMILES string of the molecule is C[Si]1(C)c2ccncc2NC(=O)c2ccccc21. The van der Waals surface area contributed by atoms with E-state index in [4.69, 9.17) is 0 Å². The maximum atomic E-state index is 12.2. The summed E-state index contributed by atoms with van der Waals surface area (Å²) in [4.78, 5) is 16.3. The van der Waals surface area contributed by atoms with Crippen molar-refractivity contribution in [3.05, 3.63) is 48.3 Å². The summed E-state index contributed by atoms with van der Waals surface area (Å²) in [6, 6.07) is 9.93. The quantitative estimate of drug-likeness (QED) is 0.723. The van der Waals surface area contributed by atoms with Gasteiger partial charge >= 0.3 is 0 Å². The van der Waals surface area contributed by atoms with Gasteiger partial charge in [0.1, 0.15) is 8.07 Å². The van der Waals surface area contributed by atoms with Gasteiger partial charge in [-0.15, -0.1) is 0 Å². The smallest absolute Gasteiger partial charge is 0.255 e. The third-order valence-corrected chi connectivity index (χ3v) is 7.15. The van der Waals surface area contributed by atoms with E-state index in [0.717, 1.165) is 11.3 Å². The van der Waals surface area contributed by atoms with Gasteiger partial charge < -0.3 is 5.32 Å². The predicted octanol–water partition coefficient (Wildman–Crippen LogP) is 1.47. The molecule has 1 aromatic heterocycles. The molecule has 1 amide bonds. The van der Waals surface area contributed by atoms with E-state index in [-0.39, 0.29) is 5.91 Å². The van der Waals surface area contributed by atoms with Crippen LogP contribution in [0.1, 0.15) is 10.4 Å². The van der Waals surface area contributed by atoms with E-state index in [2.05, 4.69) is 29.5 Å².